The van der Waals surface area contributed by atoms with Crippen molar-refractivity contribution in [1.29, 1.82) is 0 Å². The Kier molecular flexibility index (Phi) is 4.59. The average Bonchev–Trinajstić information content (AvgIpc) is 3.21. The fraction of sp³-hybridized carbons (Fsp3) is 0.0500. The maximum Gasteiger partial charge on any atom is 0.252 e. The zero-order valence-corrected chi connectivity index (χ0v) is 14.7. The minimum Gasteiger partial charge on any atom is -0.365 e. The second-order valence-electron chi connectivity index (χ2n) is 6.16. The Morgan fingerprint density at radius 3 is 2.82 bits per heavy atom. The Morgan fingerprint density at radius 1 is 1.14 bits per heavy atom. The molecule has 7 nitrogen and oxygen atoms in total. The number of halogens is 1. The minimum absolute atomic E-state index is 0.0181. The van der Waals surface area contributed by atoms with Crippen molar-refractivity contribution in [2.24, 2.45) is 5.73 Å². The van der Waals surface area contributed by atoms with E-state index < -0.39 is 11.7 Å². The average molecular weight is 376 g/mol. The highest BCUT2D eigenvalue weighted by atomic mass is 19.1. The molecule has 0 saturated heterocycles. The number of hydrogen-bond acceptors (Lipinski definition) is 5. The van der Waals surface area contributed by atoms with Crippen molar-refractivity contribution in [2.75, 3.05) is 10.6 Å². The summed E-state index contributed by atoms with van der Waals surface area (Å²) < 4.78 is 14.4. The first kappa shape index (κ1) is 17.5. The van der Waals surface area contributed by atoms with Gasteiger partial charge in [0.2, 0.25) is 0 Å². The van der Waals surface area contributed by atoms with Crippen LogP contribution < -0.4 is 16.4 Å². The number of pyridine rings is 2. The van der Waals surface area contributed by atoms with Crippen LogP contribution in [0.25, 0.3) is 10.9 Å². The number of carbonyl (C=O) groups excluding carboxylic acids is 1. The van der Waals surface area contributed by atoms with Crippen LogP contribution in [0.3, 0.4) is 0 Å². The standard InChI is InChI=1S/C20H17FN6O/c21-16-10-15(18(22)28)19(27-20(16)25-11-14-4-2-7-23-14)26-13-5-6-17-12(9-13)3-1-8-24-17/h1-10,23H,11H2,(H2,22,28)(H2,25,26,27). The number of aromatic amines is 1. The zero-order valence-electron chi connectivity index (χ0n) is 14.7. The lowest BCUT2D eigenvalue weighted by Crippen LogP contribution is -2.16. The van der Waals surface area contributed by atoms with Gasteiger partial charge >= 0.3 is 0 Å². The summed E-state index contributed by atoms with van der Waals surface area (Å²) >= 11 is 0. The molecular weight excluding hydrogens is 359 g/mol. The van der Waals surface area contributed by atoms with Crippen LogP contribution in [0.2, 0.25) is 0 Å². The number of carbonyl (C=O) groups is 1. The first-order valence-corrected chi connectivity index (χ1v) is 8.58. The first-order valence-electron chi connectivity index (χ1n) is 8.58. The number of benzene rings is 1. The summed E-state index contributed by atoms with van der Waals surface area (Å²) in [5.41, 5.74) is 7.76. The maximum absolute atomic E-state index is 14.4. The molecule has 0 unspecified atom stereocenters. The lowest BCUT2D eigenvalue weighted by atomic mass is 10.2. The van der Waals surface area contributed by atoms with Crippen LogP contribution in [0.5, 0.6) is 0 Å². The molecule has 4 rings (SSSR count). The topological polar surface area (TPSA) is 109 Å². The van der Waals surface area contributed by atoms with Gasteiger partial charge in [0.05, 0.1) is 17.6 Å². The molecule has 0 atom stereocenters. The van der Waals surface area contributed by atoms with Gasteiger partial charge in [-0.1, -0.05) is 6.07 Å². The van der Waals surface area contributed by atoms with Crippen LogP contribution in [0.4, 0.5) is 21.7 Å². The third-order valence-electron chi connectivity index (χ3n) is 4.22. The molecule has 28 heavy (non-hydrogen) atoms. The van der Waals surface area contributed by atoms with Gasteiger partial charge in [-0.05, 0) is 42.5 Å². The number of H-pyrrole nitrogens is 1. The molecule has 8 heteroatoms. The molecule has 4 aromatic rings. The van der Waals surface area contributed by atoms with Crippen molar-refractivity contribution in [3.8, 4) is 0 Å². The Hall–Kier alpha value is -3.94. The highest BCUT2D eigenvalue weighted by Gasteiger charge is 2.16. The summed E-state index contributed by atoms with van der Waals surface area (Å²) in [6.07, 6.45) is 3.49. The third kappa shape index (κ3) is 3.61. The quantitative estimate of drug-likeness (QED) is 0.411. The molecule has 5 N–H and O–H groups in total. The van der Waals surface area contributed by atoms with E-state index in [2.05, 4.69) is 25.6 Å². The lowest BCUT2D eigenvalue weighted by Gasteiger charge is -2.13. The molecule has 0 spiro atoms. The van der Waals surface area contributed by atoms with Gasteiger partial charge in [-0.25, -0.2) is 9.37 Å². The number of amides is 1. The van der Waals surface area contributed by atoms with Gasteiger partial charge in [0.25, 0.3) is 5.91 Å². The van der Waals surface area contributed by atoms with E-state index in [4.69, 9.17) is 5.73 Å². The predicted molar refractivity (Wildman–Crippen MR) is 106 cm³/mol. The van der Waals surface area contributed by atoms with Gasteiger partial charge in [-0.15, -0.1) is 0 Å². The van der Waals surface area contributed by atoms with E-state index in [1.165, 1.54) is 0 Å². The van der Waals surface area contributed by atoms with Crippen LogP contribution in [0.1, 0.15) is 16.1 Å². The number of fused-ring (bicyclic) bond motifs is 1. The van der Waals surface area contributed by atoms with Crippen LogP contribution in [0.15, 0.2) is 60.9 Å². The Labute approximate surface area is 159 Å². The Morgan fingerprint density at radius 2 is 2.04 bits per heavy atom. The second-order valence-corrected chi connectivity index (χ2v) is 6.16. The minimum atomic E-state index is -0.771. The van der Waals surface area contributed by atoms with Gasteiger partial charge < -0.3 is 21.4 Å². The molecule has 1 aromatic carbocycles. The van der Waals surface area contributed by atoms with E-state index in [0.29, 0.717) is 12.2 Å². The van der Waals surface area contributed by atoms with Crippen LogP contribution in [-0.2, 0) is 6.54 Å². The van der Waals surface area contributed by atoms with Crippen LogP contribution >= 0.6 is 0 Å². The van der Waals surface area contributed by atoms with Gasteiger partial charge in [0.1, 0.15) is 5.82 Å². The normalized spacial score (nSPS) is 10.8. The molecule has 3 aromatic heterocycles. The van der Waals surface area contributed by atoms with E-state index in [9.17, 15) is 9.18 Å². The molecule has 0 aliphatic rings. The molecule has 0 radical (unpaired) electrons. The SMILES string of the molecule is NC(=O)c1cc(F)c(NCc2ccc[nH]2)nc1Nc1ccc2ncccc2c1. The smallest absolute Gasteiger partial charge is 0.252 e. The highest BCUT2D eigenvalue weighted by molar-refractivity contribution is 5.99. The Bertz CT molecular complexity index is 1140. The molecule has 0 bridgehead atoms. The van der Waals surface area contributed by atoms with Crippen molar-refractivity contribution in [1.82, 2.24) is 15.0 Å². The van der Waals surface area contributed by atoms with E-state index in [1.807, 2.05) is 36.4 Å². The highest BCUT2D eigenvalue weighted by Crippen LogP contribution is 2.25. The first-order chi connectivity index (χ1) is 13.6. The third-order valence-corrected chi connectivity index (χ3v) is 4.22. The number of nitrogens with one attached hydrogen (secondary N) is 3. The van der Waals surface area contributed by atoms with Crippen molar-refractivity contribution in [3.63, 3.8) is 0 Å². The number of primary amides is 1. The lowest BCUT2D eigenvalue weighted by molar-refractivity contribution is 0.100. The number of anilines is 3. The molecule has 0 aliphatic heterocycles. The summed E-state index contributed by atoms with van der Waals surface area (Å²) in [6.45, 7) is 0.355. The monoisotopic (exact) mass is 376 g/mol. The predicted octanol–water partition coefficient (Wildman–Crippen LogP) is 3.55. The number of hydrogen-bond donors (Lipinski definition) is 4. The van der Waals surface area contributed by atoms with Crippen molar-refractivity contribution in [2.45, 2.75) is 6.54 Å². The summed E-state index contributed by atoms with van der Waals surface area (Å²) in [6, 6.07) is 14.1. The second kappa shape index (κ2) is 7.36. The molecule has 0 aliphatic carbocycles. The largest absolute Gasteiger partial charge is 0.365 e. The molecular formula is C20H17FN6O. The van der Waals surface area contributed by atoms with E-state index in [1.54, 1.807) is 18.5 Å². The summed E-state index contributed by atoms with van der Waals surface area (Å²) in [4.78, 5) is 23.3. The maximum atomic E-state index is 14.4. The molecule has 1 amide bonds. The number of nitrogens with two attached hydrogens (primary N) is 1. The number of nitrogens with zero attached hydrogens (tertiary/aromatic N) is 2. The summed E-state index contributed by atoms with van der Waals surface area (Å²) in [5, 5.41) is 6.89. The van der Waals surface area contributed by atoms with Gasteiger partial charge in [0.15, 0.2) is 11.6 Å². The van der Waals surface area contributed by atoms with Crippen molar-refractivity contribution < 1.29 is 9.18 Å². The summed E-state index contributed by atoms with van der Waals surface area (Å²) in [7, 11) is 0. The summed E-state index contributed by atoms with van der Waals surface area (Å²) in [5.74, 6) is -1.24. The van der Waals surface area contributed by atoms with E-state index in [0.717, 1.165) is 22.7 Å². The van der Waals surface area contributed by atoms with Gasteiger partial charge in [-0.2, -0.15) is 0 Å². The van der Waals surface area contributed by atoms with E-state index in [-0.39, 0.29) is 17.2 Å². The number of aromatic nitrogens is 3. The Balaban J connectivity index is 1.66. The molecule has 3 heterocycles. The fourth-order valence-corrected chi connectivity index (χ4v) is 2.84. The van der Waals surface area contributed by atoms with Gasteiger partial charge in [0, 0.05) is 29.2 Å². The van der Waals surface area contributed by atoms with Crippen molar-refractivity contribution >= 4 is 34.1 Å². The zero-order chi connectivity index (χ0) is 19.5. The molecule has 0 fully saturated rings. The molecule has 0 saturated carbocycles. The van der Waals surface area contributed by atoms with E-state index >= 15 is 0 Å². The van der Waals surface area contributed by atoms with Gasteiger partial charge in [-0.3, -0.25) is 9.78 Å². The molecule has 140 valence electrons. The van der Waals surface area contributed by atoms with Crippen LogP contribution in [-0.4, -0.2) is 20.9 Å². The van der Waals surface area contributed by atoms with Crippen LogP contribution in [0, 0.1) is 5.82 Å². The number of rotatable bonds is 6. The fourth-order valence-electron chi connectivity index (χ4n) is 2.84. The van der Waals surface area contributed by atoms with Crippen molar-refractivity contribution in [3.05, 3.63) is 78.0 Å².